The number of aromatic nitrogens is 1. The number of hydrogen-bond acceptors (Lipinski definition) is 3. The molecule has 4 nitrogen and oxygen atoms in total. The van der Waals surface area contributed by atoms with Crippen molar-refractivity contribution in [2.24, 2.45) is 4.99 Å². The largest absolute Gasteiger partial charge is 0.416 e. The summed E-state index contributed by atoms with van der Waals surface area (Å²) in [6.45, 7) is 7.69. The van der Waals surface area contributed by atoms with Gasteiger partial charge in [0.2, 0.25) is 0 Å². The molecule has 0 amide bonds. The fourth-order valence-electron chi connectivity index (χ4n) is 2.14. The third-order valence-electron chi connectivity index (χ3n) is 3.61. The molecule has 1 aromatic heterocycles. The molecule has 0 bridgehead atoms. The topological polar surface area (TPSA) is 49.3 Å². The van der Waals surface area contributed by atoms with Crippen LogP contribution in [0.4, 0.5) is 13.2 Å². The van der Waals surface area contributed by atoms with Crippen LogP contribution in [0.25, 0.3) is 0 Å². The van der Waals surface area contributed by atoms with Gasteiger partial charge in [-0.3, -0.25) is 0 Å². The highest BCUT2D eigenvalue weighted by Crippen LogP contribution is 2.29. The summed E-state index contributed by atoms with van der Waals surface area (Å²) in [5.41, 5.74) is 1.13. The quantitative estimate of drug-likeness (QED) is 0.320. The van der Waals surface area contributed by atoms with Crippen LogP contribution >= 0.6 is 35.3 Å². The summed E-state index contributed by atoms with van der Waals surface area (Å²) in [4.78, 5) is 8.98. The van der Waals surface area contributed by atoms with Crippen molar-refractivity contribution in [3.05, 3.63) is 51.5 Å². The normalized spacial score (nSPS) is 12.0. The van der Waals surface area contributed by atoms with E-state index < -0.39 is 11.7 Å². The number of guanidine groups is 1. The number of benzene rings is 1. The molecular weight excluding hydrogens is 488 g/mol. The Labute approximate surface area is 178 Å². The lowest BCUT2D eigenvalue weighted by atomic mass is 10.1. The molecule has 2 aromatic rings. The maximum atomic E-state index is 12.6. The van der Waals surface area contributed by atoms with Gasteiger partial charge in [0, 0.05) is 11.9 Å². The Morgan fingerprint density at radius 3 is 2.37 bits per heavy atom. The summed E-state index contributed by atoms with van der Waals surface area (Å²) in [6, 6.07) is 5.06. The first-order valence-electron chi connectivity index (χ1n) is 8.42. The van der Waals surface area contributed by atoms with E-state index in [4.69, 9.17) is 0 Å². The third-order valence-corrected chi connectivity index (χ3v) is 4.48. The predicted octanol–water partition coefficient (Wildman–Crippen LogP) is 5.16. The zero-order valence-corrected chi connectivity index (χ0v) is 18.6. The summed E-state index contributed by atoms with van der Waals surface area (Å²) < 4.78 is 37.8. The molecule has 9 heteroatoms. The van der Waals surface area contributed by atoms with Crippen molar-refractivity contribution >= 4 is 41.3 Å². The summed E-state index contributed by atoms with van der Waals surface area (Å²) in [7, 11) is 0. The van der Waals surface area contributed by atoms with E-state index in [1.54, 1.807) is 11.3 Å². The summed E-state index contributed by atoms with van der Waals surface area (Å²) in [6.07, 6.45) is -4.32. The van der Waals surface area contributed by atoms with Crippen LogP contribution in [0.3, 0.4) is 0 Å². The molecule has 0 aliphatic heterocycles. The molecule has 0 atom stereocenters. The van der Waals surface area contributed by atoms with Crippen molar-refractivity contribution in [3.63, 3.8) is 0 Å². The third kappa shape index (κ3) is 7.65. The van der Waals surface area contributed by atoms with Gasteiger partial charge in [-0.1, -0.05) is 26.0 Å². The zero-order chi connectivity index (χ0) is 19.2. The Bertz CT molecular complexity index is 727. The lowest BCUT2D eigenvalue weighted by molar-refractivity contribution is -0.137. The van der Waals surface area contributed by atoms with Crippen LogP contribution in [0.2, 0.25) is 0 Å². The van der Waals surface area contributed by atoms with Crippen molar-refractivity contribution in [2.45, 2.75) is 46.0 Å². The number of nitrogens with zero attached hydrogens (tertiary/aromatic N) is 2. The Balaban J connectivity index is 0.00000364. The molecule has 0 aliphatic rings. The number of halogens is 4. The minimum atomic E-state index is -4.32. The van der Waals surface area contributed by atoms with Gasteiger partial charge in [-0.25, -0.2) is 9.98 Å². The lowest BCUT2D eigenvalue weighted by Crippen LogP contribution is -2.36. The molecule has 0 aliphatic carbocycles. The molecular formula is C18H24F3IN4S. The first kappa shape index (κ1) is 23.7. The van der Waals surface area contributed by atoms with Gasteiger partial charge in [0.05, 0.1) is 24.3 Å². The van der Waals surface area contributed by atoms with E-state index in [1.165, 1.54) is 12.1 Å². The Kier molecular flexibility index (Phi) is 9.51. The minimum absolute atomic E-state index is 0. The van der Waals surface area contributed by atoms with Crippen LogP contribution in [0, 0.1) is 0 Å². The van der Waals surface area contributed by atoms with Crippen molar-refractivity contribution in [2.75, 3.05) is 6.54 Å². The average Bonchev–Trinajstić information content (AvgIpc) is 3.06. The number of rotatable bonds is 6. The van der Waals surface area contributed by atoms with Gasteiger partial charge in [-0.05, 0) is 30.5 Å². The van der Waals surface area contributed by atoms with E-state index in [0.717, 1.165) is 22.8 Å². The number of hydrogen-bond donors (Lipinski definition) is 2. The van der Waals surface area contributed by atoms with Crippen LogP contribution in [0.1, 0.15) is 48.5 Å². The van der Waals surface area contributed by atoms with Gasteiger partial charge in [0.15, 0.2) is 5.96 Å². The van der Waals surface area contributed by atoms with E-state index >= 15 is 0 Å². The fraction of sp³-hybridized carbons (Fsp3) is 0.444. The highest BCUT2D eigenvalue weighted by Gasteiger charge is 2.29. The van der Waals surface area contributed by atoms with Gasteiger partial charge < -0.3 is 10.6 Å². The molecule has 0 spiro atoms. The Morgan fingerprint density at radius 2 is 1.85 bits per heavy atom. The zero-order valence-electron chi connectivity index (χ0n) is 15.4. The predicted molar refractivity (Wildman–Crippen MR) is 115 cm³/mol. The molecule has 0 unspecified atom stereocenters. The minimum Gasteiger partial charge on any atom is -0.357 e. The monoisotopic (exact) mass is 512 g/mol. The SMILES string of the molecule is CCNC(=NCc1ccc(C(F)(F)F)cc1)NCc1nc(C(C)C)cs1.I. The number of thiazole rings is 1. The summed E-state index contributed by atoms with van der Waals surface area (Å²) >= 11 is 1.59. The van der Waals surface area contributed by atoms with Gasteiger partial charge in [-0.15, -0.1) is 35.3 Å². The van der Waals surface area contributed by atoms with Gasteiger partial charge in [0.1, 0.15) is 5.01 Å². The second-order valence-corrected chi connectivity index (χ2v) is 7.01. The van der Waals surface area contributed by atoms with Crippen LogP contribution in [0.5, 0.6) is 0 Å². The summed E-state index contributed by atoms with van der Waals surface area (Å²) in [5, 5.41) is 9.34. The molecule has 1 aromatic carbocycles. The maximum Gasteiger partial charge on any atom is 0.416 e. The molecule has 27 heavy (non-hydrogen) atoms. The first-order valence-corrected chi connectivity index (χ1v) is 9.30. The Morgan fingerprint density at radius 1 is 1.19 bits per heavy atom. The molecule has 2 N–H and O–H groups in total. The van der Waals surface area contributed by atoms with E-state index in [9.17, 15) is 13.2 Å². The van der Waals surface area contributed by atoms with E-state index in [0.29, 0.717) is 37.1 Å². The van der Waals surface area contributed by atoms with E-state index in [1.807, 2.05) is 12.3 Å². The Hall–Kier alpha value is -1.36. The van der Waals surface area contributed by atoms with Crippen molar-refractivity contribution in [3.8, 4) is 0 Å². The number of aliphatic imine (C=N–C) groups is 1. The van der Waals surface area contributed by atoms with Gasteiger partial charge in [0.25, 0.3) is 0 Å². The number of nitrogens with one attached hydrogen (secondary N) is 2. The fourth-order valence-corrected chi connectivity index (χ4v) is 3.04. The first-order chi connectivity index (χ1) is 12.3. The van der Waals surface area contributed by atoms with E-state index in [-0.39, 0.29) is 24.0 Å². The molecule has 0 radical (unpaired) electrons. The highest BCUT2D eigenvalue weighted by molar-refractivity contribution is 14.0. The van der Waals surface area contributed by atoms with Crippen LogP contribution < -0.4 is 10.6 Å². The van der Waals surface area contributed by atoms with Crippen LogP contribution in [-0.4, -0.2) is 17.5 Å². The second-order valence-electron chi connectivity index (χ2n) is 6.06. The van der Waals surface area contributed by atoms with Crippen molar-refractivity contribution < 1.29 is 13.2 Å². The lowest BCUT2D eigenvalue weighted by Gasteiger charge is -2.10. The number of alkyl halides is 3. The molecule has 0 saturated carbocycles. The van der Waals surface area contributed by atoms with Gasteiger partial charge >= 0.3 is 6.18 Å². The molecule has 1 heterocycles. The molecule has 0 saturated heterocycles. The standard InChI is InChI=1S/C18H23F3N4S.HI/c1-4-22-17(24-10-16-25-15(11-26-16)12(2)3)23-9-13-5-7-14(8-6-13)18(19,20)21;/h5-8,11-12H,4,9-10H2,1-3H3,(H2,22,23,24);1H. The molecule has 0 fully saturated rings. The van der Waals surface area contributed by atoms with Crippen LogP contribution in [0.15, 0.2) is 34.6 Å². The van der Waals surface area contributed by atoms with Crippen LogP contribution in [-0.2, 0) is 19.3 Å². The summed E-state index contributed by atoms with van der Waals surface area (Å²) in [5.74, 6) is 0.996. The molecule has 150 valence electrons. The van der Waals surface area contributed by atoms with Gasteiger partial charge in [-0.2, -0.15) is 13.2 Å². The van der Waals surface area contributed by atoms with Crippen molar-refractivity contribution in [1.29, 1.82) is 0 Å². The highest BCUT2D eigenvalue weighted by atomic mass is 127. The smallest absolute Gasteiger partial charge is 0.357 e. The average molecular weight is 512 g/mol. The maximum absolute atomic E-state index is 12.6. The molecule has 2 rings (SSSR count). The second kappa shape index (κ2) is 10.8. The van der Waals surface area contributed by atoms with E-state index in [2.05, 4.69) is 34.5 Å². The van der Waals surface area contributed by atoms with Crippen molar-refractivity contribution in [1.82, 2.24) is 15.6 Å².